The molecule has 5 heteroatoms. The molecule has 0 amide bonds. The molecule has 0 saturated heterocycles. The summed E-state index contributed by atoms with van der Waals surface area (Å²) in [5.41, 5.74) is 16.1. The van der Waals surface area contributed by atoms with E-state index in [1.165, 1.54) is 60.0 Å². The number of para-hydroxylation sites is 4. The Labute approximate surface area is 371 Å². The summed E-state index contributed by atoms with van der Waals surface area (Å²) in [7, 11) is 0. The summed E-state index contributed by atoms with van der Waals surface area (Å²) in [6.45, 7) is 0.378. The van der Waals surface area contributed by atoms with Crippen molar-refractivity contribution in [2.24, 2.45) is 0 Å². The van der Waals surface area contributed by atoms with E-state index in [1.807, 2.05) is 0 Å². The lowest BCUT2D eigenvalue weighted by Crippen LogP contribution is -2.42. The van der Waals surface area contributed by atoms with E-state index in [9.17, 15) is 0 Å². The van der Waals surface area contributed by atoms with Gasteiger partial charge < -0.3 is 18.7 Å². The van der Waals surface area contributed by atoms with Gasteiger partial charge in [-0.05, 0) is 111 Å². The van der Waals surface area contributed by atoms with E-state index in [2.05, 4.69) is 245 Å². The van der Waals surface area contributed by atoms with E-state index in [0.29, 0.717) is 6.61 Å². The molecule has 12 aromatic rings. The SMILES string of the molecule is c1ccc(B2OCc3cccc(-c4cc(N(c5ccc6ccccc6c5)c5ccc6c7ccccc7n(-c7ccccc7)c6c5)cc5c4c4ccccc4n5-c4ccccc4)c32)cc1. The summed E-state index contributed by atoms with van der Waals surface area (Å²) in [4.78, 5) is 2.46. The lowest BCUT2D eigenvalue weighted by Gasteiger charge is -2.28. The monoisotopic (exact) mass is 817 g/mol. The predicted octanol–water partition coefficient (Wildman–Crippen LogP) is 13.8. The van der Waals surface area contributed by atoms with Crippen LogP contribution in [-0.4, -0.2) is 16.0 Å². The topological polar surface area (TPSA) is 22.3 Å². The minimum absolute atomic E-state index is 0.188. The molecule has 1 aliphatic rings. The number of nitrogens with zero attached hydrogens (tertiary/aromatic N) is 3. The van der Waals surface area contributed by atoms with Crippen LogP contribution in [0.25, 0.3) is 76.9 Å². The number of anilines is 3. The van der Waals surface area contributed by atoms with E-state index < -0.39 is 0 Å². The summed E-state index contributed by atoms with van der Waals surface area (Å²) < 4.78 is 11.6. The Kier molecular flexibility index (Phi) is 8.43. The van der Waals surface area contributed by atoms with Crippen molar-refractivity contribution in [2.45, 2.75) is 6.61 Å². The van der Waals surface area contributed by atoms with Gasteiger partial charge in [0.25, 0.3) is 0 Å². The molecule has 0 radical (unpaired) electrons. The third-order valence-corrected chi connectivity index (χ3v) is 13.2. The highest BCUT2D eigenvalue weighted by Crippen LogP contribution is 2.46. The van der Waals surface area contributed by atoms with Gasteiger partial charge in [-0.15, -0.1) is 0 Å². The lowest BCUT2D eigenvalue weighted by molar-refractivity contribution is 0.337. The first-order valence-electron chi connectivity index (χ1n) is 22.1. The fourth-order valence-electron chi connectivity index (χ4n) is 10.4. The second-order valence-electron chi connectivity index (χ2n) is 16.8. The van der Waals surface area contributed by atoms with Gasteiger partial charge in [0.2, 0.25) is 0 Å². The molecule has 0 unspecified atom stereocenters. The van der Waals surface area contributed by atoms with Gasteiger partial charge in [-0.2, -0.15) is 0 Å². The Morgan fingerprint density at radius 1 is 0.391 bits per heavy atom. The second-order valence-corrected chi connectivity index (χ2v) is 16.8. The van der Waals surface area contributed by atoms with Crippen molar-refractivity contribution in [1.29, 1.82) is 0 Å². The van der Waals surface area contributed by atoms with E-state index in [-0.39, 0.29) is 6.92 Å². The van der Waals surface area contributed by atoms with E-state index >= 15 is 0 Å². The van der Waals surface area contributed by atoms with Crippen LogP contribution in [0.2, 0.25) is 0 Å². The molecule has 10 aromatic carbocycles. The zero-order chi connectivity index (χ0) is 42.1. The van der Waals surface area contributed by atoms with Crippen LogP contribution >= 0.6 is 0 Å². The number of rotatable bonds is 7. The molecular weight excluding hydrogens is 777 g/mol. The van der Waals surface area contributed by atoms with Gasteiger partial charge in [-0.25, -0.2) is 0 Å². The molecular formula is C59H40BN3O. The largest absolute Gasteiger partial charge is 0.423 e. The first-order valence-corrected chi connectivity index (χ1v) is 22.1. The highest BCUT2D eigenvalue weighted by molar-refractivity contribution is 6.82. The average molecular weight is 818 g/mol. The minimum atomic E-state index is -0.188. The molecule has 0 bridgehead atoms. The van der Waals surface area contributed by atoms with Crippen LogP contribution in [-0.2, 0) is 11.3 Å². The van der Waals surface area contributed by atoms with Crippen molar-refractivity contribution < 1.29 is 4.65 Å². The van der Waals surface area contributed by atoms with E-state index in [1.54, 1.807) is 0 Å². The molecule has 0 atom stereocenters. The van der Waals surface area contributed by atoms with Crippen LogP contribution in [0.5, 0.6) is 0 Å². The number of fused-ring (bicyclic) bond motifs is 8. The van der Waals surface area contributed by atoms with Gasteiger partial charge >= 0.3 is 6.92 Å². The Balaban J connectivity index is 1.15. The molecule has 13 rings (SSSR count). The molecule has 2 aromatic heterocycles. The molecule has 64 heavy (non-hydrogen) atoms. The van der Waals surface area contributed by atoms with Gasteiger partial charge in [0.05, 0.1) is 28.7 Å². The number of hydrogen-bond acceptors (Lipinski definition) is 2. The quantitative estimate of drug-likeness (QED) is 0.150. The van der Waals surface area contributed by atoms with Crippen molar-refractivity contribution in [3.8, 4) is 22.5 Å². The highest BCUT2D eigenvalue weighted by Gasteiger charge is 2.34. The molecule has 0 saturated carbocycles. The maximum atomic E-state index is 6.70. The third-order valence-electron chi connectivity index (χ3n) is 13.2. The maximum Gasteiger partial charge on any atom is 0.362 e. The van der Waals surface area contributed by atoms with Crippen LogP contribution in [0.1, 0.15) is 5.56 Å². The van der Waals surface area contributed by atoms with Crippen molar-refractivity contribution >= 4 is 89.3 Å². The van der Waals surface area contributed by atoms with Gasteiger partial charge in [0, 0.05) is 50.0 Å². The van der Waals surface area contributed by atoms with Crippen LogP contribution in [0, 0.1) is 0 Å². The van der Waals surface area contributed by atoms with Crippen LogP contribution in [0.4, 0.5) is 17.1 Å². The average Bonchev–Trinajstić information content (AvgIpc) is 4.05. The minimum Gasteiger partial charge on any atom is -0.423 e. The van der Waals surface area contributed by atoms with Gasteiger partial charge in [0.15, 0.2) is 0 Å². The Bertz CT molecular complexity index is 3740. The number of benzene rings is 10. The normalized spacial score (nSPS) is 12.5. The molecule has 300 valence electrons. The summed E-state index contributed by atoms with van der Waals surface area (Å²) in [6, 6.07) is 83.9. The number of hydrogen-bond donors (Lipinski definition) is 0. The van der Waals surface area contributed by atoms with Crippen molar-refractivity contribution in [2.75, 3.05) is 4.90 Å². The molecule has 0 fully saturated rings. The maximum absolute atomic E-state index is 6.70. The van der Waals surface area contributed by atoms with Crippen molar-refractivity contribution in [1.82, 2.24) is 9.13 Å². The second kappa shape index (κ2) is 14.8. The van der Waals surface area contributed by atoms with Crippen LogP contribution in [0.15, 0.2) is 231 Å². The highest BCUT2D eigenvalue weighted by atomic mass is 16.4. The van der Waals surface area contributed by atoms with Gasteiger partial charge in [-0.3, -0.25) is 0 Å². The smallest absolute Gasteiger partial charge is 0.362 e. The summed E-state index contributed by atoms with van der Waals surface area (Å²) in [6.07, 6.45) is 0. The zero-order valence-corrected chi connectivity index (χ0v) is 35.0. The van der Waals surface area contributed by atoms with E-state index in [4.69, 9.17) is 4.65 Å². The molecule has 3 heterocycles. The molecule has 0 aliphatic carbocycles. The Hall–Kier alpha value is -8.12. The first kappa shape index (κ1) is 36.5. The standard InChI is InChI=1S/C59H40BN3O/c1-4-20-43(21-5-1)60-59-42(39-64-60)19-16-28-51(59)53-36-48(38-57-58(53)52-27-13-15-30-55(52)63(57)45-24-8-3-9-25-45)61(46-32-31-40-17-10-11-18-41(40)35-46)47-33-34-50-49-26-12-14-29-54(49)62(56(50)37-47)44-22-6-2-7-23-44/h1-38H,39H2. The van der Waals surface area contributed by atoms with Crippen LogP contribution < -0.4 is 15.8 Å². The molecule has 0 spiro atoms. The zero-order valence-electron chi connectivity index (χ0n) is 35.0. The molecule has 1 aliphatic heterocycles. The van der Waals surface area contributed by atoms with E-state index in [0.717, 1.165) is 50.4 Å². The Morgan fingerprint density at radius 2 is 0.969 bits per heavy atom. The Morgan fingerprint density at radius 3 is 1.73 bits per heavy atom. The van der Waals surface area contributed by atoms with Gasteiger partial charge in [0.1, 0.15) is 0 Å². The van der Waals surface area contributed by atoms with Crippen LogP contribution in [0.3, 0.4) is 0 Å². The first-order chi connectivity index (χ1) is 31.8. The van der Waals surface area contributed by atoms with Crippen molar-refractivity contribution in [3.63, 3.8) is 0 Å². The number of aromatic nitrogens is 2. The van der Waals surface area contributed by atoms with Gasteiger partial charge in [-0.1, -0.05) is 158 Å². The fraction of sp³-hybridized carbons (Fsp3) is 0.0169. The predicted molar refractivity (Wildman–Crippen MR) is 269 cm³/mol. The summed E-state index contributed by atoms with van der Waals surface area (Å²) >= 11 is 0. The molecule has 4 nitrogen and oxygen atoms in total. The summed E-state index contributed by atoms with van der Waals surface area (Å²) in [5.74, 6) is 0. The lowest BCUT2D eigenvalue weighted by atomic mass is 9.54. The molecule has 0 N–H and O–H groups in total. The van der Waals surface area contributed by atoms with Crippen molar-refractivity contribution in [3.05, 3.63) is 236 Å². The summed E-state index contributed by atoms with van der Waals surface area (Å²) in [5, 5.41) is 7.27. The third kappa shape index (κ3) is 5.75. The fourth-order valence-corrected chi connectivity index (χ4v) is 10.4.